The fourth-order valence-corrected chi connectivity index (χ4v) is 2.02. The molecule has 3 nitrogen and oxygen atoms in total. The van der Waals surface area contributed by atoms with E-state index in [1.54, 1.807) is 13.4 Å². The van der Waals surface area contributed by atoms with Crippen LogP contribution in [0.25, 0.3) is 0 Å². The van der Waals surface area contributed by atoms with Gasteiger partial charge in [-0.05, 0) is 0 Å². The van der Waals surface area contributed by atoms with E-state index in [4.69, 9.17) is 13.9 Å². The van der Waals surface area contributed by atoms with Gasteiger partial charge in [0.1, 0.15) is 0 Å². The molecule has 1 unspecified atom stereocenters. The standard InChI is InChI=1S/C8H12O3Se/c1-7(9-2)11-6-12-8-4-3-5-10-8/h3-5,7H,6H2,1-2H3. The molecule has 0 N–H and O–H groups in total. The molecule has 0 aliphatic rings. The normalized spacial score (nSPS) is 13.2. The van der Waals surface area contributed by atoms with Crippen LogP contribution in [0, 0.1) is 0 Å². The number of methoxy groups -OCH3 is 1. The van der Waals surface area contributed by atoms with Crippen molar-refractivity contribution in [1.82, 2.24) is 0 Å². The number of hydrogen-bond donors (Lipinski definition) is 0. The molecule has 1 aromatic rings. The summed E-state index contributed by atoms with van der Waals surface area (Å²) in [4.78, 5) is 0. The predicted octanol–water partition coefficient (Wildman–Crippen LogP) is 0.576. The van der Waals surface area contributed by atoms with Crippen LogP contribution >= 0.6 is 0 Å². The van der Waals surface area contributed by atoms with Crippen molar-refractivity contribution in [3.63, 3.8) is 0 Å². The maximum atomic E-state index is 5.31. The molecule has 0 aromatic carbocycles. The summed E-state index contributed by atoms with van der Waals surface area (Å²) in [6, 6.07) is 3.84. The second-order valence-corrected chi connectivity index (χ2v) is 4.11. The third kappa shape index (κ3) is 3.41. The number of rotatable bonds is 5. The Morgan fingerprint density at radius 1 is 1.67 bits per heavy atom. The van der Waals surface area contributed by atoms with E-state index in [2.05, 4.69) is 0 Å². The first kappa shape index (κ1) is 9.80. The molecule has 0 saturated carbocycles. The number of ether oxygens (including phenoxy) is 2. The Hall–Kier alpha value is -0.281. The van der Waals surface area contributed by atoms with Crippen molar-refractivity contribution in [3.8, 4) is 0 Å². The van der Waals surface area contributed by atoms with E-state index >= 15 is 0 Å². The van der Waals surface area contributed by atoms with Gasteiger partial charge >= 0.3 is 77.7 Å². The Morgan fingerprint density at radius 2 is 2.50 bits per heavy atom. The molecule has 0 saturated heterocycles. The van der Waals surface area contributed by atoms with E-state index in [1.165, 1.54) is 0 Å². The van der Waals surface area contributed by atoms with E-state index in [9.17, 15) is 0 Å². The molecule has 12 heavy (non-hydrogen) atoms. The zero-order chi connectivity index (χ0) is 8.81. The molecule has 0 radical (unpaired) electrons. The van der Waals surface area contributed by atoms with Gasteiger partial charge in [-0.1, -0.05) is 0 Å². The van der Waals surface area contributed by atoms with Gasteiger partial charge in [-0.25, -0.2) is 0 Å². The van der Waals surface area contributed by atoms with Crippen molar-refractivity contribution >= 4 is 19.6 Å². The Labute approximate surface area is 78.2 Å². The van der Waals surface area contributed by atoms with Gasteiger partial charge in [0.15, 0.2) is 0 Å². The van der Waals surface area contributed by atoms with Crippen molar-refractivity contribution in [1.29, 1.82) is 0 Å². The quantitative estimate of drug-likeness (QED) is 0.552. The van der Waals surface area contributed by atoms with Crippen LogP contribution in [0.1, 0.15) is 6.92 Å². The summed E-state index contributed by atoms with van der Waals surface area (Å²) in [5.41, 5.74) is 0.690. The van der Waals surface area contributed by atoms with Gasteiger partial charge in [-0.15, -0.1) is 0 Å². The van der Waals surface area contributed by atoms with Crippen LogP contribution in [0.3, 0.4) is 0 Å². The van der Waals surface area contributed by atoms with Gasteiger partial charge in [0.2, 0.25) is 0 Å². The molecule has 4 heteroatoms. The van der Waals surface area contributed by atoms with Gasteiger partial charge in [0.25, 0.3) is 0 Å². The summed E-state index contributed by atoms with van der Waals surface area (Å²) in [5.74, 6) is 0. The SMILES string of the molecule is COC(C)OC[Se]c1ccco1. The van der Waals surface area contributed by atoms with Crippen molar-refractivity contribution in [3.05, 3.63) is 18.4 Å². The molecule has 1 atom stereocenters. The van der Waals surface area contributed by atoms with E-state index in [-0.39, 0.29) is 21.2 Å². The first-order valence-corrected chi connectivity index (χ1v) is 5.70. The van der Waals surface area contributed by atoms with Crippen molar-refractivity contribution < 1.29 is 13.9 Å². The van der Waals surface area contributed by atoms with E-state index < -0.39 is 0 Å². The molecule has 0 bridgehead atoms. The van der Waals surface area contributed by atoms with Crippen molar-refractivity contribution in [2.75, 3.05) is 12.6 Å². The van der Waals surface area contributed by atoms with Crippen LogP contribution < -0.4 is 4.66 Å². The summed E-state index contributed by atoms with van der Waals surface area (Å²) in [6.07, 6.45) is 1.55. The molecule has 0 spiro atoms. The molecular weight excluding hydrogens is 223 g/mol. The number of furan rings is 1. The van der Waals surface area contributed by atoms with Gasteiger partial charge in [0, 0.05) is 0 Å². The van der Waals surface area contributed by atoms with E-state index in [1.807, 2.05) is 19.1 Å². The van der Waals surface area contributed by atoms with Gasteiger partial charge < -0.3 is 0 Å². The summed E-state index contributed by atoms with van der Waals surface area (Å²) in [7, 11) is 1.63. The zero-order valence-electron chi connectivity index (χ0n) is 7.15. The Kier molecular flexibility index (Phi) is 4.40. The van der Waals surface area contributed by atoms with Crippen molar-refractivity contribution in [2.45, 2.75) is 13.2 Å². The van der Waals surface area contributed by atoms with Crippen LogP contribution in [0.4, 0.5) is 0 Å². The fraction of sp³-hybridized carbons (Fsp3) is 0.500. The summed E-state index contributed by atoms with van der Waals surface area (Å²) in [6.45, 7) is 1.87. The zero-order valence-corrected chi connectivity index (χ0v) is 8.86. The summed E-state index contributed by atoms with van der Waals surface area (Å²) < 4.78 is 16.4. The van der Waals surface area contributed by atoms with E-state index in [0.29, 0.717) is 5.51 Å². The van der Waals surface area contributed by atoms with Crippen LogP contribution in [0.2, 0.25) is 0 Å². The van der Waals surface area contributed by atoms with Gasteiger partial charge in [-0.3, -0.25) is 0 Å². The Balaban J connectivity index is 2.11. The number of hydrogen-bond acceptors (Lipinski definition) is 3. The van der Waals surface area contributed by atoms with Crippen LogP contribution in [0.5, 0.6) is 0 Å². The first-order chi connectivity index (χ1) is 5.83. The molecule has 68 valence electrons. The predicted molar refractivity (Wildman–Crippen MR) is 46.5 cm³/mol. The molecule has 0 aliphatic heterocycles. The maximum absolute atomic E-state index is 5.31. The topological polar surface area (TPSA) is 31.6 Å². The molecule has 0 amide bonds. The van der Waals surface area contributed by atoms with Crippen LogP contribution in [-0.2, 0) is 9.47 Å². The third-order valence-electron chi connectivity index (χ3n) is 1.33. The monoisotopic (exact) mass is 236 g/mol. The van der Waals surface area contributed by atoms with Gasteiger partial charge in [0.05, 0.1) is 0 Å². The Morgan fingerprint density at radius 3 is 3.08 bits per heavy atom. The van der Waals surface area contributed by atoms with Crippen LogP contribution in [0.15, 0.2) is 22.8 Å². The Bertz CT molecular complexity index is 198. The third-order valence-corrected chi connectivity index (χ3v) is 2.95. The molecule has 0 fully saturated rings. The molecule has 1 heterocycles. The first-order valence-electron chi connectivity index (χ1n) is 3.63. The summed E-state index contributed by atoms with van der Waals surface area (Å²) >= 11 is 0.260. The molecule has 1 aromatic heterocycles. The van der Waals surface area contributed by atoms with Crippen molar-refractivity contribution in [2.24, 2.45) is 0 Å². The minimum absolute atomic E-state index is 0.123. The minimum atomic E-state index is -0.123. The molecule has 1 rings (SSSR count). The fourth-order valence-electron chi connectivity index (χ4n) is 0.602. The molecular formula is C8H12O3Se. The second-order valence-electron chi connectivity index (χ2n) is 2.16. The van der Waals surface area contributed by atoms with Crippen LogP contribution in [-0.4, -0.2) is 33.9 Å². The van der Waals surface area contributed by atoms with E-state index in [0.717, 1.165) is 4.66 Å². The van der Waals surface area contributed by atoms with Gasteiger partial charge in [-0.2, -0.15) is 0 Å². The molecule has 0 aliphatic carbocycles. The average Bonchev–Trinajstić information content (AvgIpc) is 2.57. The second kappa shape index (κ2) is 5.38. The average molecular weight is 235 g/mol. The summed E-state index contributed by atoms with van der Waals surface area (Å²) in [5, 5.41) is 0.